The second kappa shape index (κ2) is 6.14. The number of benzene rings is 2. The van der Waals surface area contributed by atoms with Crippen LogP contribution in [0, 0.1) is 25.5 Å². The average molecular weight is 275 g/mol. The second-order valence-electron chi connectivity index (χ2n) is 5.17. The average Bonchev–Trinajstić information content (AvgIpc) is 2.37. The molecule has 0 saturated heterocycles. The summed E-state index contributed by atoms with van der Waals surface area (Å²) in [6.07, 6.45) is 0.290. The predicted molar refractivity (Wildman–Crippen MR) is 77.8 cm³/mol. The van der Waals surface area contributed by atoms with Gasteiger partial charge in [0.25, 0.3) is 0 Å². The van der Waals surface area contributed by atoms with Crippen LogP contribution in [0.5, 0.6) is 0 Å². The molecular formula is C17H19F2N. The van der Waals surface area contributed by atoms with Crippen molar-refractivity contribution in [2.24, 2.45) is 0 Å². The Morgan fingerprint density at radius 3 is 2.05 bits per heavy atom. The Morgan fingerprint density at radius 2 is 1.55 bits per heavy atom. The maximum Gasteiger partial charge on any atom is 0.129 e. The molecule has 0 spiro atoms. The zero-order valence-corrected chi connectivity index (χ0v) is 12.0. The fraction of sp³-hybridized carbons (Fsp3) is 0.294. The summed E-state index contributed by atoms with van der Waals surface area (Å²) >= 11 is 0. The van der Waals surface area contributed by atoms with Crippen molar-refractivity contribution in [1.82, 2.24) is 5.32 Å². The van der Waals surface area contributed by atoms with Crippen LogP contribution in [0.3, 0.4) is 0 Å². The third-order valence-corrected chi connectivity index (χ3v) is 3.46. The second-order valence-corrected chi connectivity index (χ2v) is 5.17. The van der Waals surface area contributed by atoms with Gasteiger partial charge in [-0.1, -0.05) is 35.4 Å². The van der Waals surface area contributed by atoms with Gasteiger partial charge in [0.1, 0.15) is 11.6 Å². The van der Waals surface area contributed by atoms with Crippen molar-refractivity contribution in [1.29, 1.82) is 0 Å². The Hall–Kier alpha value is -1.74. The topological polar surface area (TPSA) is 12.0 Å². The smallest absolute Gasteiger partial charge is 0.129 e. The van der Waals surface area contributed by atoms with Crippen molar-refractivity contribution in [3.8, 4) is 0 Å². The van der Waals surface area contributed by atoms with Crippen LogP contribution < -0.4 is 5.32 Å². The summed E-state index contributed by atoms with van der Waals surface area (Å²) in [5.41, 5.74) is 3.47. The quantitative estimate of drug-likeness (QED) is 0.886. The van der Waals surface area contributed by atoms with Crippen LogP contribution in [0.15, 0.2) is 36.4 Å². The first-order chi connectivity index (χ1) is 9.51. The zero-order valence-electron chi connectivity index (χ0n) is 12.0. The van der Waals surface area contributed by atoms with E-state index in [0.717, 1.165) is 16.7 Å². The minimum atomic E-state index is -0.491. The van der Waals surface area contributed by atoms with E-state index in [1.807, 2.05) is 26.0 Å². The van der Waals surface area contributed by atoms with Gasteiger partial charge in [-0.25, -0.2) is 8.78 Å². The fourth-order valence-electron chi connectivity index (χ4n) is 2.53. The van der Waals surface area contributed by atoms with Crippen molar-refractivity contribution in [3.05, 3.63) is 70.3 Å². The van der Waals surface area contributed by atoms with E-state index in [1.165, 1.54) is 18.2 Å². The van der Waals surface area contributed by atoms with Crippen LogP contribution in [0.2, 0.25) is 0 Å². The van der Waals surface area contributed by atoms with E-state index in [9.17, 15) is 8.78 Å². The Labute approximate surface area is 118 Å². The summed E-state index contributed by atoms with van der Waals surface area (Å²) in [5, 5.41) is 3.14. The van der Waals surface area contributed by atoms with Crippen molar-refractivity contribution >= 4 is 0 Å². The lowest BCUT2D eigenvalue weighted by Crippen LogP contribution is -2.20. The summed E-state index contributed by atoms with van der Waals surface area (Å²) in [6, 6.07) is 10.1. The first-order valence-corrected chi connectivity index (χ1v) is 6.69. The molecule has 2 aromatic carbocycles. The molecule has 0 fully saturated rings. The molecule has 0 amide bonds. The van der Waals surface area contributed by atoms with Gasteiger partial charge in [0.15, 0.2) is 0 Å². The highest BCUT2D eigenvalue weighted by Gasteiger charge is 2.16. The van der Waals surface area contributed by atoms with E-state index < -0.39 is 11.6 Å². The van der Waals surface area contributed by atoms with Gasteiger partial charge in [-0.2, -0.15) is 0 Å². The molecular weight excluding hydrogens is 256 g/mol. The van der Waals surface area contributed by atoms with Crippen molar-refractivity contribution < 1.29 is 8.78 Å². The number of hydrogen-bond donors (Lipinski definition) is 1. The third kappa shape index (κ3) is 3.23. The molecule has 20 heavy (non-hydrogen) atoms. The van der Waals surface area contributed by atoms with E-state index in [1.54, 1.807) is 7.05 Å². The molecule has 1 nitrogen and oxygen atoms in total. The Morgan fingerprint density at radius 1 is 1.00 bits per heavy atom. The number of likely N-dealkylation sites (N-methyl/N-ethyl adjacent to an activating group) is 1. The van der Waals surface area contributed by atoms with Crippen molar-refractivity contribution in [3.63, 3.8) is 0 Å². The molecule has 0 radical (unpaired) electrons. The number of aryl methyl sites for hydroxylation is 2. The van der Waals surface area contributed by atoms with Crippen LogP contribution in [-0.4, -0.2) is 7.05 Å². The first kappa shape index (κ1) is 14.7. The maximum atomic E-state index is 13.8. The SMILES string of the molecule is CNC(Cc1c(F)cccc1F)c1cc(C)cc(C)c1. The summed E-state index contributed by atoms with van der Waals surface area (Å²) in [6.45, 7) is 4.04. The maximum absolute atomic E-state index is 13.8. The van der Waals surface area contributed by atoms with E-state index in [4.69, 9.17) is 0 Å². The van der Waals surface area contributed by atoms with E-state index >= 15 is 0 Å². The molecule has 0 saturated carbocycles. The lowest BCUT2D eigenvalue weighted by atomic mass is 9.95. The van der Waals surface area contributed by atoms with Gasteiger partial charge in [-0.3, -0.25) is 0 Å². The highest BCUT2D eigenvalue weighted by Crippen LogP contribution is 2.23. The summed E-state index contributed by atoms with van der Waals surface area (Å²) < 4.78 is 27.5. The summed E-state index contributed by atoms with van der Waals surface area (Å²) in [5.74, 6) is -0.982. The van der Waals surface area contributed by atoms with Crippen LogP contribution in [-0.2, 0) is 6.42 Å². The molecule has 3 heteroatoms. The molecule has 0 aliphatic heterocycles. The van der Waals surface area contributed by atoms with Crippen LogP contribution in [0.25, 0.3) is 0 Å². The van der Waals surface area contributed by atoms with Gasteiger partial charge in [0, 0.05) is 11.6 Å². The molecule has 0 aromatic heterocycles. The fourth-order valence-corrected chi connectivity index (χ4v) is 2.53. The van der Waals surface area contributed by atoms with E-state index in [0.29, 0.717) is 0 Å². The molecule has 0 heterocycles. The largest absolute Gasteiger partial charge is 0.313 e. The Bertz CT molecular complexity index is 567. The first-order valence-electron chi connectivity index (χ1n) is 6.69. The number of nitrogens with one attached hydrogen (secondary N) is 1. The van der Waals surface area contributed by atoms with Crippen LogP contribution in [0.4, 0.5) is 8.78 Å². The Kier molecular flexibility index (Phi) is 4.50. The molecule has 0 aliphatic rings. The highest BCUT2D eigenvalue weighted by molar-refractivity contribution is 5.32. The summed E-state index contributed by atoms with van der Waals surface area (Å²) in [4.78, 5) is 0. The van der Waals surface area contributed by atoms with Gasteiger partial charge in [-0.15, -0.1) is 0 Å². The van der Waals surface area contributed by atoms with Gasteiger partial charge in [0.2, 0.25) is 0 Å². The standard InChI is InChI=1S/C17H19F2N/c1-11-7-12(2)9-13(8-11)17(20-3)10-14-15(18)5-4-6-16(14)19/h4-9,17,20H,10H2,1-3H3. The minimum absolute atomic E-state index is 0.111. The molecule has 1 unspecified atom stereocenters. The summed E-state index contributed by atoms with van der Waals surface area (Å²) in [7, 11) is 1.81. The minimum Gasteiger partial charge on any atom is -0.313 e. The van der Waals surface area contributed by atoms with Gasteiger partial charge in [-0.05, 0) is 45.0 Å². The monoisotopic (exact) mass is 275 g/mol. The molecule has 106 valence electrons. The van der Waals surface area contributed by atoms with Gasteiger partial charge >= 0.3 is 0 Å². The van der Waals surface area contributed by atoms with Gasteiger partial charge < -0.3 is 5.32 Å². The molecule has 1 atom stereocenters. The molecule has 0 aliphatic carbocycles. The lowest BCUT2D eigenvalue weighted by molar-refractivity contribution is 0.515. The van der Waals surface area contributed by atoms with E-state index in [2.05, 4.69) is 11.4 Å². The highest BCUT2D eigenvalue weighted by atomic mass is 19.1. The number of rotatable bonds is 4. The number of halogens is 2. The molecule has 2 rings (SSSR count). The van der Waals surface area contributed by atoms with E-state index in [-0.39, 0.29) is 18.0 Å². The zero-order chi connectivity index (χ0) is 14.7. The number of hydrogen-bond acceptors (Lipinski definition) is 1. The predicted octanol–water partition coefficient (Wildman–Crippen LogP) is 4.08. The Balaban J connectivity index is 2.33. The van der Waals surface area contributed by atoms with Gasteiger partial charge in [0.05, 0.1) is 0 Å². The lowest BCUT2D eigenvalue weighted by Gasteiger charge is -2.19. The van der Waals surface area contributed by atoms with Crippen molar-refractivity contribution in [2.45, 2.75) is 26.3 Å². The normalized spacial score (nSPS) is 12.4. The third-order valence-electron chi connectivity index (χ3n) is 3.46. The van der Waals surface area contributed by atoms with Crippen LogP contribution >= 0.6 is 0 Å². The molecule has 2 aromatic rings. The molecule has 0 bridgehead atoms. The molecule has 1 N–H and O–H groups in total. The van der Waals surface area contributed by atoms with Crippen molar-refractivity contribution in [2.75, 3.05) is 7.05 Å². The van der Waals surface area contributed by atoms with Crippen LogP contribution in [0.1, 0.15) is 28.3 Å².